The Morgan fingerprint density at radius 2 is 2.00 bits per heavy atom. The van der Waals surface area contributed by atoms with E-state index in [0.29, 0.717) is 42.5 Å². The lowest BCUT2D eigenvalue weighted by atomic mass is 9.93. The van der Waals surface area contributed by atoms with E-state index in [4.69, 9.17) is 10.1 Å². The number of hydrogen-bond donors (Lipinski definition) is 1. The number of hydrogen-bond acceptors (Lipinski definition) is 4. The zero-order chi connectivity index (χ0) is 20.4. The Labute approximate surface area is 169 Å². The van der Waals surface area contributed by atoms with Gasteiger partial charge in [0.1, 0.15) is 5.82 Å². The van der Waals surface area contributed by atoms with Crippen LogP contribution >= 0.6 is 0 Å². The molecule has 3 heterocycles. The van der Waals surface area contributed by atoms with Crippen LogP contribution in [0.5, 0.6) is 0 Å². The van der Waals surface area contributed by atoms with Gasteiger partial charge in [0.25, 0.3) is 11.5 Å². The Hall–Kier alpha value is -2.70. The predicted octanol–water partition coefficient (Wildman–Crippen LogP) is 2.84. The minimum absolute atomic E-state index is 0.0161. The van der Waals surface area contributed by atoms with Gasteiger partial charge in [-0.2, -0.15) is 0 Å². The van der Waals surface area contributed by atoms with Gasteiger partial charge < -0.3 is 10.0 Å². The van der Waals surface area contributed by atoms with Crippen LogP contribution in [0.25, 0.3) is 10.9 Å². The maximum absolute atomic E-state index is 13.1. The van der Waals surface area contributed by atoms with E-state index in [2.05, 4.69) is 0 Å². The summed E-state index contributed by atoms with van der Waals surface area (Å²) < 4.78 is 1.79. The molecule has 0 aliphatic carbocycles. The molecule has 154 valence electrons. The number of aryl methyl sites for hydroxylation is 1. The molecule has 1 amide bonds. The quantitative estimate of drug-likeness (QED) is 0.856. The number of benzene rings is 1. The molecule has 2 aliphatic rings. The summed E-state index contributed by atoms with van der Waals surface area (Å²) in [5, 5.41) is 9.47. The van der Waals surface area contributed by atoms with Crippen molar-refractivity contribution in [3.63, 3.8) is 0 Å². The van der Waals surface area contributed by atoms with Crippen molar-refractivity contribution in [2.75, 3.05) is 13.1 Å². The summed E-state index contributed by atoms with van der Waals surface area (Å²) in [6.07, 6.45) is 6.50. The van der Waals surface area contributed by atoms with E-state index in [1.165, 1.54) is 0 Å². The summed E-state index contributed by atoms with van der Waals surface area (Å²) in [6.45, 7) is 1.98. The number of nitrogens with zero attached hydrogens (tertiary/aromatic N) is 3. The number of carboxylic acid groups (broad SMARTS) is 1. The number of rotatable bonds is 4. The van der Waals surface area contributed by atoms with E-state index >= 15 is 0 Å². The summed E-state index contributed by atoms with van der Waals surface area (Å²) >= 11 is 0. The van der Waals surface area contributed by atoms with Crippen molar-refractivity contribution in [3.05, 3.63) is 39.9 Å². The van der Waals surface area contributed by atoms with Crippen molar-refractivity contribution in [1.82, 2.24) is 14.5 Å². The molecule has 0 bridgehead atoms. The Balaban J connectivity index is 1.58. The van der Waals surface area contributed by atoms with E-state index in [-0.39, 0.29) is 23.8 Å². The second-order valence-corrected chi connectivity index (χ2v) is 8.22. The van der Waals surface area contributed by atoms with Gasteiger partial charge in [-0.25, -0.2) is 4.98 Å². The van der Waals surface area contributed by atoms with Gasteiger partial charge in [0, 0.05) is 38.0 Å². The van der Waals surface area contributed by atoms with Crippen molar-refractivity contribution < 1.29 is 14.7 Å². The van der Waals surface area contributed by atoms with Gasteiger partial charge >= 0.3 is 5.97 Å². The maximum Gasteiger partial charge on any atom is 0.303 e. The Kier molecular flexibility index (Phi) is 5.65. The molecule has 0 radical (unpaired) electrons. The zero-order valence-corrected chi connectivity index (χ0v) is 16.6. The Morgan fingerprint density at radius 3 is 2.83 bits per heavy atom. The molecule has 4 rings (SSSR count). The highest BCUT2D eigenvalue weighted by molar-refractivity contribution is 5.97. The minimum atomic E-state index is -0.792. The largest absolute Gasteiger partial charge is 0.481 e. The molecule has 0 spiro atoms. The Bertz CT molecular complexity index is 997. The Morgan fingerprint density at radius 1 is 1.14 bits per heavy atom. The van der Waals surface area contributed by atoms with Crippen LogP contribution in [0.1, 0.15) is 61.1 Å². The highest BCUT2D eigenvalue weighted by Crippen LogP contribution is 2.23. The highest BCUT2D eigenvalue weighted by atomic mass is 16.4. The maximum atomic E-state index is 13.1. The van der Waals surface area contributed by atoms with Crippen LogP contribution in [0.2, 0.25) is 0 Å². The van der Waals surface area contributed by atoms with Gasteiger partial charge in [0.2, 0.25) is 0 Å². The number of aromatic nitrogens is 2. The average Bonchev–Trinajstić information content (AvgIpc) is 2.97. The molecule has 1 atom stereocenters. The summed E-state index contributed by atoms with van der Waals surface area (Å²) in [6, 6.07) is 5.19. The number of fused-ring (bicyclic) bond motifs is 2. The van der Waals surface area contributed by atoms with Crippen LogP contribution < -0.4 is 5.56 Å². The van der Waals surface area contributed by atoms with Crippen LogP contribution in [0.15, 0.2) is 23.0 Å². The van der Waals surface area contributed by atoms with E-state index in [1.54, 1.807) is 22.8 Å². The fourth-order valence-electron chi connectivity index (χ4n) is 4.55. The third kappa shape index (κ3) is 4.18. The van der Waals surface area contributed by atoms with Crippen LogP contribution in [0.4, 0.5) is 0 Å². The summed E-state index contributed by atoms with van der Waals surface area (Å²) in [7, 11) is 0. The lowest BCUT2D eigenvalue weighted by molar-refractivity contribution is -0.137. The molecule has 1 aromatic carbocycles. The minimum Gasteiger partial charge on any atom is -0.481 e. The van der Waals surface area contributed by atoms with Crippen molar-refractivity contribution in [2.24, 2.45) is 5.92 Å². The van der Waals surface area contributed by atoms with Crippen LogP contribution in [-0.4, -0.2) is 44.5 Å². The van der Waals surface area contributed by atoms with Crippen molar-refractivity contribution in [1.29, 1.82) is 0 Å². The molecule has 1 fully saturated rings. The van der Waals surface area contributed by atoms with Crippen LogP contribution in [0, 0.1) is 5.92 Å². The molecule has 1 aromatic heterocycles. The van der Waals surface area contributed by atoms with E-state index < -0.39 is 5.97 Å². The standard InChI is InChI=1S/C22H27N3O4/c26-20(27)10-7-15-5-4-11-24(14-15)21(28)16-8-9-17-18(13-16)23-19-6-2-1-3-12-25(19)22(17)29/h8-9,13,15H,1-7,10-12,14H2,(H,26,27). The van der Waals surface area contributed by atoms with E-state index in [1.807, 2.05) is 4.90 Å². The van der Waals surface area contributed by atoms with E-state index in [9.17, 15) is 14.4 Å². The third-order valence-electron chi connectivity index (χ3n) is 6.14. The molecule has 1 unspecified atom stereocenters. The van der Waals surface area contributed by atoms with Gasteiger partial charge in [-0.15, -0.1) is 0 Å². The number of aliphatic carboxylic acids is 1. The van der Waals surface area contributed by atoms with Gasteiger partial charge in [-0.1, -0.05) is 6.42 Å². The molecule has 29 heavy (non-hydrogen) atoms. The SMILES string of the molecule is O=C(O)CCC1CCCN(C(=O)c2ccc3c(=O)n4c(nc3c2)CCCCC4)C1. The van der Waals surface area contributed by atoms with Gasteiger partial charge in [0.05, 0.1) is 10.9 Å². The number of carbonyl (C=O) groups excluding carboxylic acids is 1. The fraction of sp³-hybridized carbons (Fsp3) is 0.545. The molecule has 7 heteroatoms. The fourth-order valence-corrected chi connectivity index (χ4v) is 4.55. The zero-order valence-electron chi connectivity index (χ0n) is 16.6. The molecule has 2 aliphatic heterocycles. The number of piperidine rings is 1. The first kappa shape index (κ1) is 19.6. The monoisotopic (exact) mass is 397 g/mol. The van der Waals surface area contributed by atoms with Crippen molar-refractivity contribution >= 4 is 22.8 Å². The van der Waals surface area contributed by atoms with Gasteiger partial charge in [-0.3, -0.25) is 19.0 Å². The lowest BCUT2D eigenvalue weighted by Crippen LogP contribution is -2.40. The summed E-state index contributed by atoms with van der Waals surface area (Å²) in [5.41, 5.74) is 1.12. The molecule has 0 saturated carbocycles. The first-order valence-corrected chi connectivity index (χ1v) is 10.6. The normalized spacial score (nSPS) is 19.6. The first-order chi connectivity index (χ1) is 14.0. The lowest BCUT2D eigenvalue weighted by Gasteiger charge is -2.32. The first-order valence-electron chi connectivity index (χ1n) is 10.6. The van der Waals surface area contributed by atoms with Crippen LogP contribution in [0.3, 0.4) is 0 Å². The van der Waals surface area contributed by atoms with Crippen molar-refractivity contribution in [2.45, 2.75) is 57.9 Å². The summed E-state index contributed by atoms with van der Waals surface area (Å²) in [5.74, 6) is 0.183. The topological polar surface area (TPSA) is 92.5 Å². The van der Waals surface area contributed by atoms with Gasteiger partial charge in [-0.05, 0) is 56.2 Å². The number of carbonyl (C=O) groups is 2. The summed E-state index contributed by atoms with van der Waals surface area (Å²) in [4.78, 5) is 43.3. The van der Waals surface area contributed by atoms with Crippen molar-refractivity contribution in [3.8, 4) is 0 Å². The third-order valence-corrected chi connectivity index (χ3v) is 6.14. The number of carboxylic acids is 1. The molecule has 1 saturated heterocycles. The van der Waals surface area contributed by atoms with E-state index in [0.717, 1.165) is 44.3 Å². The molecular formula is C22H27N3O4. The number of likely N-dealkylation sites (tertiary alicyclic amines) is 1. The predicted molar refractivity (Wildman–Crippen MR) is 109 cm³/mol. The second kappa shape index (κ2) is 8.35. The molecular weight excluding hydrogens is 370 g/mol. The molecule has 7 nitrogen and oxygen atoms in total. The van der Waals surface area contributed by atoms with Gasteiger partial charge in [0.15, 0.2) is 0 Å². The van der Waals surface area contributed by atoms with Crippen LogP contribution in [-0.2, 0) is 17.8 Å². The molecule has 2 aromatic rings. The number of amides is 1. The smallest absolute Gasteiger partial charge is 0.303 e. The molecule has 1 N–H and O–H groups in total. The second-order valence-electron chi connectivity index (χ2n) is 8.22. The average molecular weight is 397 g/mol. The highest BCUT2D eigenvalue weighted by Gasteiger charge is 2.25.